The van der Waals surface area contributed by atoms with Crippen LogP contribution in [0.1, 0.15) is 18.1 Å². The third kappa shape index (κ3) is 6.63. The van der Waals surface area contributed by atoms with E-state index in [0.29, 0.717) is 13.2 Å². The van der Waals surface area contributed by atoms with E-state index >= 15 is 0 Å². The molecular formula is C22H33N3O3. The number of aliphatic hydroxyl groups excluding tert-OH is 1. The maximum Gasteiger partial charge on any atom is 0.119 e. The van der Waals surface area contributed by atoms with E-state index in [1.807, 2.05) is 18.2 Å². The van der Waals surface area contributed by atoms with Gasteiger partial charge in [-0.3, -0.25) is 9.80 Å². The first-order valence-electron chi connectivity index (χ1n) is 10.2. The van der Waals surface area contributed by atoms with Gasteiger partial charge in [0.1, 0.15) is 18.5 Å². The molecule has 28 heavy (non-hydrogen) atoms. The number of hydrogen-bond acceptors (Lipinski definition) is 6. The highest BCUT2D eigenvalue weighted by molar-refractivity contribution is 5.28. The summed E-state index contributed by atoms with van der Waals surface area (Å²) in [5, 5.41) is 10.3. The lowest BCUT2D eigenvalue weighted by Crippen LogP contribution is -2.49. The Morgan fingerprint density at radius 3 is 2.57 bits per heavy atom. The lowest BCUT2D eigenvalue weighted by Gasteiger charge is -2.34. The molecule has 1 N–H and O–H groups in total. The second kappa shape index (κ2) is 10.6. The van der Waals surface area contributed by atoms with Crippen LogP contribution in [0.4, 0.5) is 0 Å². The molecule has 0 unspecified atom stereocenters. The van der Waals surface area contributed by atoms with Crippen LogP contribution >= 0.6 is 0 Å². The summed E-state index contributed by atoms with van der Waals surface area (Å²) in [5.41, 5.74) is 2.35. The van der Waals surface area contributed by atoms with E-state index in [1.54, 1.807) is 12.5 Å². The number of ether oxygens (including phenoxy) is 1. The highest BCUT2D eigenvalue weighted by Crippen LogP contribution is 2.16. The molecule has 1 aromatic carbocycles. The number of likely N-dealkylation sites (N-methyl/N-ethyl adjacent to an activating group) is 1. The van der Waals surface area contributed by atoms with Gasteiger partial charge in [0, 0.05) is 51.4 Å². The zero-order valence-corrected chi connectivity index (χ0v) is 17.1. The standard InChI is InChI=1S/C22H33N3O3/c1-3-24-8-10-25(11-9-24)16-21(26)18-28-22-6-4-5-19(13-22)14-23(2)15-20-7-12-27-17-20/h4-7,12-13,17,21,26H,3,8-11,14-16,18H2,1-2H3/t21-/m1/s1. The number of β-amino-alcohol motifs (C(OH)–C–C–N with tert-alkyl or cyclic N) is 1. The minimum Gasteiger partial charge on any atom is -0.491 e. The summed E-state index contributed by atoms with van der Waals surface area (Å²) in [6.07, 6.45) is 3.01. The van der Waals surface area contributed by atoms with Crippen molar-refractivity contribution in [2.45, 2.75) is 26.1 Å². The zero-order valence-electron chi connectivity index (χ0n) is 17.1. The Balaban J connectivity index is 1.41. The van der Waals surface area contributed by atoms with Gasteiger partial charge in [0.2, 0.25) is 0 Å². The third-order valence-corrected chi connectivity index (χ3v) is 5.21. The SMILES string of the molecule is CCN1CCN(C[C@@H](O)COc2cccc(CN(C)Cc3ccoc3)c2)CC1. The topological polar surface area (TPSA) is 52.3 Å². The monoisotopic (exact) mass is 387 g/mol. The molecule has 1 aliphatic heterocycles. The Hall–Kier alpha value is -1.86. The Morgan fingerprint density at radius 2 is 1.86 bits per heavy atom. The highest BCUT2D eigenvalue weighted by Gasteiger charge is 2.18. The fraction of sp³-hybridized carbons (Fsp3) is 0.545. The molecule has 0 amide bonds. The van der Waals surface area contributed by atoms with Gasteiger partial charge in [-0.2, -0.15) is 0 Å². The van der Waals surface area contributed by atoms with Crippen molar-refractivity contribution in [1.29, 1.82) is 0 Å². The van der Waals surface area contributed by atoms with Gasteiger partial charge in [-0.25, -0.2) is 0 Å². The molecule has 1 saturated heterocycles. The van der Waals surface area contributed by atoms with Crippen LogP contribution in [0.2, 0.25) is 0 Å². The molecule has 0 spiro atoms. The van der Waals surface area contributed by atoms with E-state index in [-0.39, 0.29) is 0 Å². The van der Waals surface area contributed by atoms with E-state index in [9.17, 15) is 5.11 Å². The maximum atomic E-state index is 10.3. The summed E-state index contributed by atoms with van der Waals surface area (Å²) < 4.78 is 11.0. The smallest absolute Gasteiger partial charge is 0.119 e. The van der Waals surface area contributed by atoms with Crippen molar-refractivity contribution in [2.24, 2.45) is 0 Å². The molecule has 0 radical (unpaired) electrons. The second-order valence-corrected chi connectivity index (χ2v) is 7.65. The predicted molar refractivity (Wildman–Crippen MR) is 110 cm³/mol. The fourth-order valence-corrected chi connectivity index (χ4v) is 3.63. The third-order valence-electron chi connectivity index (χ3n) is 5.21. The fourth-order valence-electron chi connectivity index (χ4n) is 3.63. The first kappa shape index (κ1) is 20.9. The summed E-state index contributed by atoms with van der Waals surface area (Å²) in [6.45, 7) is 10.2. The van der Waals surface area contributed by atoms with E-state index in [2.05, 4.69) is 40.8 Å². The number of nitrogens with zero attached hydrogens (tertiary/aromatic N) is 3. The van der Waals surface area contributed by atoms with Gasteiger partial charge < -0.3 is 19.2 Å². The molecule has 6 nitrogen and oxygen atoms in total. The molecule has 1 aromatic heterocycles. The highest BCUT2D eigenvalue weighted by atomic mass is 16.5. The van der Waals surface area contributed by atoms with Crippen molar-refractivity contribution >= 4 is 0 Å². The van der Waals surface area contributed by atoms with Crippen LogP contribution < -0.4 is 4.74 Å². The second-order valence-electron chi connectivity index (χ2n) is 7.65. The summed E-state index contributed by atoms with van der Waals surface area (Å²) in [5.74, 6) is 0.809. The van der Waals surface area contributed by atoms with E-state index in [4.69, 9.17) is 9.15 Å². The molecule has 6 heteroatoms. The molecule has 1 fully saturated rings. The Kier molecular flexibility index (Phi) is 7.91. The van der Waals surface area contributed by atoms with Gasteiger partial charge >= 0.3 is 0 Å². The normalized spacial score (nSPS) is 17.1. The zero-order chi connectivity index (χ0) is 19.8. The lowest BCUT2D eigenvalue weighted by atomic mass is 10.2. The van der Waals surface area contributed by atoms with Crippen molar-refractivity contribution in [1.82, 2.24) is 14.7 Å². The van der Waals surface area contributed by atoms with Crippen LogP contribution in [0.15, 0.2) is 47.3 Å². The predicted octanol–water partition coefficient (Wildman–Crippen LogP) is 2.29. The van der Waals surface area contributed by atoms with Crippen molar-refractivity contribution < 1.29 is 14.3 Å². The quantitative estimate of drug-likeness (QED) is 0.675. The van der Waals surface area contributed by atoms with E-state index in [1.165, 1.54) is 5.56 Å². The molecule has 0 bridgehead atoms. The maximum absolute atomic E-state index is 10.3. The first-order valence-corrected chi connectivity index (χ1v) is 10.2. The van der Waals surface area contributed by atoms with Crippen LogP contribution in [0.25, 0.3) is 0 Å². The Bertz CT molecular complexity index is 684. The van der Waals surface area contributed by atoms with Crippen LogP contribution in [0.3, 0.4) is 0 Å². The van der Waals surface area contributed by atoms with Gasteiger partial charge in [0.25, 0.3) is 0 Å². The molecule has 2 heterocycles. The Morgan fingerprint density at radius 1 is 1.11 bits per heavy atom. The molecule has 0 saturated carbocycles. The van der Waals surface area contributed by atoms with Crippen molar-refractivity contribution in [3.05, 3.63) is 54.0 Å². The largest absolute Gasteiger partial charge is 0.491 e. The summed E-state index contributed by atoms with van der Waals surface area (Å²) in [7, 11) is 2.09. The summed E-state index contributed by atoms with van der Waals surface area (Å²) in [6, 6.07) is 10.1. The van der Waals surface area contributed by atoms with Crippen LogP contribution in [0, 0.1) is 0 Å². The van der Waals surface area contributed by atoms with Gasteiger partial charge in [-0.05, 0) is 37.4 Å². The van der Waals surface area contributed by atoms with Crippen LogP contribution in [-0.2, 0) is 13.1 Å². The molecular weight excluding hydrogens is 354 g/mol. The van der Waals surface area contributed by atoms with E-state index in [0.717, 1.165) is 57.1 Å². The number of furan rings is 1. The van der Waals surface area contributed by atoms with Gasteiger partial charge in [-0.1, -0.05) is 19.1 Å². The van der Waals surface area contributed by atoms with Gasteiger partial charge in [-0.15, -0.1) is 0 Å². The molecule has 154 valence electrons. The van der Waals surface area contributed by atoms with E-state index < -0.39 is 6.10 Å². The average molecular weight is 388 g/mol. The number of aliphatic hydroxyl groups is 1. The van der Waals surface area contributed by atoms with Crippen LogP contribution in [0.5, 0.6) is 5.75 Å². The van der Waals surface area contributed by atoms with Gasteiger partial charge in [0.05, 0.1) is 12.5 Å². The number of rotatable bonds is 10. The summed E-state index contributed by atoms with van der Waals surface area (Å²) >= 11 is 0. The van der Waals surface area contributed by atoms with Crippen LogP contribution in [-0.4, -0.2) is 78.8 Å². The molecule has 1 aliphatic rings. The average Bonchev–Trinajstić information content (AvgIpc) is 3.20. The van der Waals surface area contributed by atoms with Crippen molar-refractivity contribution in [3.8, 4) is 5.75 Å². The molecule has 0 aliphatic carbocycles. The lowest BCUT2D eigenvalue weighted by molar-refractivity contribution is 0.0470. The minimum atomic E-state index is -0.472. The number of hydrogen-bond donors (Lipinski definition) is 1. The molecule has 2 aromatic rings. The summed E-state index contributed by atoms with van der Waals surface area (Å²) in [4.78, 5) is 6.99. The number of piperazine rings is 1. The molecule has 1 atom stereocenters. The van der Waals surface area contributed by atoms with Crippen molar-refractivity contribution in [3.63, 3.8) is 0 Å². The first-order chi connectivity index (χ1) is 13.6. The number of benzene rings is 1. The minimum absolute atomic E-state index is 0.322. The Labute approximate surface area is 168 Å². The molecule has 3 rings (SSSR count). The van der Waals surface area contributed by atoms with Crippen molar-refractivity contribution in [2.75, 3.05) is 52.9 Å². The van der Waals surface area contributed by atoms with Gasteiger partial charge in [0.15, 0.2) is 0 Å².